The van der Waals surface area contributed by atoms with Crippen molar-refractivity contribution >= 4 is 43.8 Å². The van der Waals surface area contributed by atoms with Crippen molar-refractivity contribution in [3.05, 3.63) is 0 Å². The van der Waals surface area contributed by atoms with Crippen LogP contribution in [0, 0.1) is 11.8 Å². The first-order valence-corrected chi connectivity index (χ1v) is 6.13. The van der Waals surface area contributed by atoms with Gasteiger partial charge in [0.15, 0.2) is 0 Å². The van der Waals surface area contributed by atoms with Crippen LogP contribution in [0.1, 0.15) is 0 Å². The molecule has 0 aromatic heterocycles. The number of carbonyl (C=O) groups excluding carboxylic acids is 2. The lowest BCUT2D eigenvalue weighted by Crippen LogP contribution is -2.42. The molecule has 6 unspecified atom stereocenters. The van der Waals surface area contributed by atoms with Crippen LogP contribution in [0.25, 0.3) is 0 Å². The molecule has 2 bridgehead atoms. The molecule has 3 heterocycles. The van der Waals surface area contributed by atoms with Gasteiger partial charge < -0.3 is 9.47 Å². The van der Waals surface area contributed by atoms with E-state index in [1.807, 2.05) is 0 Å². The lowest BCUT2D eigenvalue weighted by Gasteiger charge is -2.23. The summed E-state index contributed by atoms with van der Waals surface area (Å²) >= 11 is 6.91. The SMILES string of the molecule is O=C1OC(=O)C2C3OC(C(Br)C3Br)C12. The minimum Gasteiger partial charge on any atom is -0.393 e. The van der Waals surface area contributed by atoms with Crippen LogP contribution in [-0.4, -0.2) is 33.8 Å². The zero-order valence-corrected chi connectivity index (χ0v) is 10.0. The van der Waals surface area contributed by atoms with Crippen molar-refractivity contribution in [2.75, 3.05) is 0 Å². The van der Waals surface area contributed by atoms with E-state index in [4.69, 9.17) is 4.74 Å². The maximum absolute atomic E-state index is 11.3. The number of cyclic esters (lactones) is 2. The van der Waals surface area contributed by atoms with E-state index < -0.39 is 23.8 Å². The molecule has 0 aromatic rings. The summed E-state index contributed by atoms with van der Waals surface area (Å²) in [6.07, 6.45) is -0.457. The van der Waals surface area contributed by atoms with E-state index in [-0.39, 0.29) is 21.9 Å². The first-order chi connectivity index (χ1) is 6.61. The normalized spacial score (nSPS) is 55.0. The first-order valence-electron chi connectivity index (χ1n) is 4.30. The second-order valence-electron chi connectivity index (χ2n) is 3.75. The number of fused-ring (bicyclic) bond motifs is 5. The topological polar surface area (TPSA) is 52.6 Å². The lowest BCUT2D eigenvalue weighted by molar-refractivity contribution is -0.156. The molecule has 3 aliphatic heterocycles. The van der Waals surface area contributed by atoms with Crippen LogP contribution < -0.4 is 0 Å². The van der Waals surface area contributed by atoms with E-state index in [2.05, 4.69) is 36.6 Å². The lowest BCUT2D eigenvalue weighted by atomic mass is 9.81. The number of hydrogen-bond donors (Lipinski definition) is 0. The van der Waals surface area contributed by atoms with Gasteiger partial charge in [0, 0.05) is 0 Å². The van der Waals surface area contributed by atoms with E-state index in [0.717, 1.165) is 0 Å². The molecule has 4 nitrogen and oxygen atoms in total. The number of carbonyl (C=O) groups is 2. The van der Waals surface area contributed by atoms with Gasteiger partial charge in [0.25, 0.3) is 0 Å². The molecule has 6 atom stereocenters. The average molecular weight is 326 g/mol. The van der Waals surface area contributed by atoms with Gasteiger partial charge in [-0.05, 0) is 0 Å². The zero-order valence-electron chi connectivity index (χ0n) is 6.85. The summed E-state index contributed by atoms with van der Waals surface area (Å²) in [6.45, 7) is 0. The van der Waals surface area contributed by atoms with Crippen LogP contribution in [-0.2, 0) is 19.1 Å². The third kappa shape index (κ3) is 0.919. The van der Waals surface area contributed by atoms with Crippen molar-refractivity contribution < 1.29 is 19.1 Å². The fourth-order valence-corrected chi connectivity index (χ4v) is 3.97. The Kier molecular flexibility index (Phi) is 1.86. The number of esters is 2. The summed E-state index contributed by atoms with van der Waals surface area (Å²) in [5, 5.41) is 0. The fourth-order valence-electron chi connectivity index (χ4n) is 2.46. The monoisotopic (exact) mass is 324 g/mol. The van der Waals surface area contributed by atoms with Gasteiger partial charge in [-0.3, -0.25) is 9.59 Å². The van der Waals surface area contributed by atoms with Gasteiger partial charge in [-0.25, -0.2) is 0 Å². The molecule has 0 radical (unpaired) electrons. The molecule has 0 spiro atoms. The molecular formula is C8H6Br2O4. The second kappa shape index (κ2) is 2.80. The van der Waals surface area contributed by atoms with E-state index >= 15 is 0 Å². The van der Waals surface area contributed by atoms with Gasteiger partial charge in [-0.1, -0.05) is 31.9 Å². The highest BCUT2D eigenvalue weighted by Crippen LogP contribution is 2.52. The van der Waals surface area contributed by atoms with E-state index in [9.17, 15) is 9.59 Å². The maximum atomic E-state index is 11.3. The fraction of sp³-hybridized carbons (Fsp3) is 0.750. The van der Waals surface area contributed by atoms with E-state index in [0.29, 0.717) is 0 Å². The van der Waals surface area contributed by atoms with Crippen LogP contribution in [0.15, 0.2) is 0 Å². The molecule has 0 aliphatic carbocycles. The molecule has 3 fully saturated rings. The van der Waals surface area contributed by atoms with Gasteiger partial charge in [0.2, 0.25) is 0 Å². The highest BCUT2D eigenvalue weighted by molar-refractivity contribution is 9.12. The smallest absolute Gasteiger partial charge is 0.320 e. The van der Waals surface area contributed by atoms with Crippen LogP contribution in [0.3, 0.4) is 0 Å². The number of alkyl halides is 2. The first kappa shape index (κ1) is 9.30. The van der Waals surface area contributed by atoms with E-state index in [1.54, 1.807) is 0 Å². The van der Waals surface area contributed by atoms with Crippen molar-refractivity contribution in [1.29, 1.82) is 0 Å². The van der Waals surface area contributed by atoms with Crippen LogP contribution >= 0.6 is 31.9 Å². The predicted octanol–water partition coefficient (Wildman–Crippen LogP) is 0.610. The zero-order chi connectivity index (χ0) is 10.0. The third-order valence-electron chi connectivity index (χ3n) is 3.09. The summed E-state index contributed by atoms with van der Waals surface area (Å²) in [4.78, 5) is 22.9. The number of hydrogen-bond acceptors (Lipinski definition) is 4. The predicted molar refractivity (Wildman–Crippen MR) is 52.2 cm³/mol. The Morgan fingerprint density at radius 3 is 1.79 bits per heavy atom. The molecule has 76 valence electrons. The van der Waals surface area contributed by atoms with Crippen LogP contribution in [0.5, 0.6) is 0 Å². The summed E-state index contributed by atoms with van der Waals surface area (Å²) in [5.41, 5.74) is 0. The third-order valence-corrected chi connectivity index (χ3v) is 5.98. The summed E-state index contributed by atoms with van der Waals surface area (Å²) < 4.78 is 10.2. The minimum absolute atomic E-state index is 0.0761. The quantitative estimate of drug-likeness (QED) is 0.372. The summed E-state index contributed by atoms with van der Waals surface area (Å²) in [6, 6.07) is 0. The van der Waals surface area contributed by atoms with Crippen molar-refractivity contribution in [3.8, 4) is 0 Å². The van der Waals surface area contributed by atoms with Crippen molar-refractivity contribution in [2.45, 2.75) is 21.9 Å². The molecular weight excluding hydrogens is 320 g/mol. The van der Waals surface area contributed by atoms with Gasteiger partial charge >= 0.3 is 11.9 Å². The van der Waals surface area contributed by atoms with Crippen LogP contribution in [0.2, 0.25) is 0 Å². The Morgan fingerprint density at radius 2 is 1.36 bits per heavy atom. The number of rotatable bonds is 0. The largest absolute Gasteiger partial charge is 0.393 e. The van der Waals surface area contributed by atoms with Crippen LogP contribution in [0.4, 0.5) is 0 Å². The molecule has 14 heavy (non-hydrogen) atoms. The average Bonchev–Trinajstić information content (AvgIpc) is 2.71. The van der Waals surface area contributed by atoms with Crippen molar-refractivity contribution in [3.63, 3.8) is 0 Å². The van der Waals surface area contributed by atoms with Crippen molar-refractivity contribution in [1.82, 2.24) is 0 Å². The molecule has 3 saturated heterocycles. The number of halogens is 2. The summed E-state index contributed by atoms with van der Waals surface area (Å²) in [5.74, 6) is -1.66. The molecule has 0 N–H and O–H groups in total. The Balaban J connectivity index is 2.01. The number of ether oxygens (including phenoxy) is 2. The highest BCUT2D eigenvalue weighted by Gasteiger charge is 2.67. The standard InChI is InChI=1S/C8H6Br2O4/c9-3-4(10)6-2-1(5(3)13-6)7(11)14-8(2)12/h1-6H. The van der Waals surface area contributed by atoms with Crippen molar-refractivity contribution in [2.24, 2.45) is 11.8 Å². The molecule has 3 aliphatic rings. The summed E-state index contributed by atoms with van der Waals surface area (Å²) in [7, 11) is 0. The molecule has 3 rings (SSSR count). The molecule has 6 heteroatoms. The van der Waals surface area contributed by atoms with E-state index in [1.165, 1.54) is 0 Å². The highest BCUT2D eigenvalue weighted by atomic mass is 79.9. The molecule has 0 aromatic carbocycles. The Labute approximate surface area is 96.6 Å². The van der Waals surface area contributed by atoms with Gasteiger partial charge in [0.05, 0.1) is 21.9 Å². The Morgan fingerprint density at radius 1 is 0.929 bits per heavy atom. The molecule has 0 saturated carbocycles. The van der Waals surface area contributed by atoms with Gasteiger partial charge in [-0.15, -0.1) is 0 Å². The second-order valence-corrected chi connectivity index (χ2v) is 5.86. The maximum Gasteiger partial charge on any atom is 0.320 e. The van der Waals surface area contributed by atoms with Gasteiger partial charge in [-0.2, -0.15) is 0 Å². The Hall–Kier alpha value is 0.0600. The molecule has 0 amide bonds. The minimum atomic E-state index is -0.434. The Bertz CT molecular complexity index is 301. The van der Waals surface area contributed by atoms with Gasteiger partial charge in [0.1, 0.15) is 11.8 Å².